The summed E-state index contributed by atoms with van der Waals surface area (Å²) in [5.41, 5.74) is -6.83. The van der Waals surface area contributed by atoms with Gasteiger partial charge < -0.3 is 30.6 Å². The molecule has 0 bridgehead atoms. The summed E-state index contributed by atoms with van der Waals surface area (Å²) in [5, 5.41) is 56.8. The van der Waals surface area contributed by atoms with Gasteiger partial charge in [0.2, 0.25) is 23.7 Å². The molecule has 6 N–H and O–H groups in total. The van der Waals surface area contributed by atoms with Crippen LogP contribution in [0.4, 0.5) is 0 Å². The van der Waals surface area contributed by atoms with Gasteiger partial charge in [-0.15, -0.1) is 0 Å². The van der Waals surface area contributed by atoms with Gasteiger partial charge in [-0.05, 0) is 12.2 Å². The third-order valence-corrected chi connectivity index (χ3v) is 2.48. The minimum atomic E-state index is -3.96. The van der Waals surface area contributed by atoms with E-state index in [0.29, 0.717) is 12.2 Å². The molecule has 0 aliphatic heterocycles. The zero-order chi connectivity index (χ0) is 14.2. The second-order valence-corrected chi connectivity index (χ2v) is 3.54. The zero-order valence-electron chi connectivity index (χ0n) is 8.55. The van der Waals surface area contributed by atoms with Gasteiger partial charge in [-0.3, -0.25) is 0 Å². The largest absolute Gasteiger partial charge is 0.361 e. The highest BCUT2D eigenvalue weighted by Gasteiger charge is 2.73. The van der Waals surface area contributed by atoms with Crippen molar-refractivity contribution in [2.45, 2.75) is 23.0 Å². The molecule has 1 aliphatic carbocycles. The van der Waals surface area contributed by atoms with Gasteiger partial charge in [0.05, 0.1) is 0 Å². The van der Waals surface area contributed by atoms with Gasteiger partial charge >= 0.3 is 0 Å². The van der Waals surface area contributed by atoms with E-state index in [1.54, 1.807) is 0 Å². The first-order valence-corrected chi connectivity index (χ1v) is 4.30. The van der Waals surface area contributed by atoms with E-state index in [4.69, 9.17) is 0 Å². The molecule has 1 rings (SSSR count). The highest BCUT2D eigenvalue weighted by atomic mass is 16.6. The summed E-state index contributed by atoms with van der Waals surface area (Å²) < 4.78 is 0. The van der Waals surface area contributed by atoms with Crippen molar-refractivity contribution in [3.8, 4) is 0 Å². The maximum absolute atomic E-state index is 10.2. The minimum absolute atomic E-state index is 0.225. The molecule has 10 heteroatoms. The van der Waals surface area contributed by atoms with Crippen LogP contribution in [0, 0.1) is 0 Å². The van der Waals surface area contributed by atoms with Crippen molar-refractivity contribution in [2.24, 2.45) is 9.98 Å². The van der Waals surface area contributed by atoms with Crippen molar-refractivity contribution in [1.29, 1.82) is 0 Å². The molecule has 0 radical (unpaired) electrons. The van der Waals surface area contributed by atoms with E-state index in [1.807, 2.05) is 0 Å². The van der Waals surface area contributed by atoms with E-state index < -0.39 is 23.0 Å². The van der Waals surface area contributed by atoms with E-state index in [0.717, 1.165) is 6.08 Å². The first-order valence-electron chi connectivity index (χ1n) is 4.30. The summed E-state index contributed by atoms with van der Waals surface area (Å²) >= 11 is 0. The molecule has 2 atom stereocenters. The number of isocyanates is 2. The Labute approximate surface area is 98.5 Å². The minimum Gasteiger partial charge on any atom is -0.361 e. The predicted octanol–water partition coefficient (Wildman–Crippen LogP) is -4.03. The Morgan fingerprint density at radius 1 is 0.833 bits per heavy atom. The van der Waals surface area contributed by atoms with Gasteiger partial charge in [-0.25, -0.2) is 9.59 Å². The van der Waals surface area contributed by atoms with E-state index in [1.165, 1.54) is 0 Å². The Bertz CT molecular complexity index is 487. The second kappa shape index (κ2) is 3.89. The van der Waals surface area contributed by atoms with Crippen LogP contribution < -0.4 is 0 Å². The summed E-state index contributed by atoms with van der Waals surface area (Å²) in [7, 11) is 0. The molecule has 0 saturated carbocycles. The van der Waals surface area contributed by atoms with Gasteiger partial charge in [0.1, 0.15) is 0 Å². The maximum Gasteiger partial charge on any atom is 0.282 e. The maximum atomic E-state index is 10.2. The number of aliphatic imine (C=N–C) groups is 2. The molecule has 10 nitrogen and oxygen atoms in total. The normalized spacial score (nSPS) is 36.3. The number of hydrogen-bond acceptors (Lipinski definition) is 10. The van der Waals surface area contributed by atoms with Crippen LogP contribution in [0.1, 0.15) is 0 Å². The van der Waals surface area contributed by atoms with Crippen LogP contribution in [-0.2, 0) is 9.59 Å². The molecule has 0 aromatic heterocycles. The molecular formula is C8H8N2O8. The Morgan fingerprint density at radius 3 is 1.78 bits per heavy atom. The Kier molecular flexibility index (Phi) is 3.09. The summed E-state index contributed by atoms with van der Waals surface area (Å²) in [6.07, 6.45) is 2.03. The van der Waals surface area contributed by atoms with Crippen molar-refractivity contribution in [2.75, 3.05) is 0 Å². The fourth-order valence-electron chi connectivity index (χ4n) is 1.39. The van der Waals surface area contributed by atoms with Crippen LogP contribution in [0.5, 0.6) is 0 Å². The fraction of sp³-hybridized carbons (Fsp3) is 0.500. The molecule has 1 aliphatic rings. The smallest absolute Gasteiger partial charge is 0.282 e. The predicted molar refractivity (Wildman–Crippen MR) is 49.6 cm³/mol. The fourth-order valence-corrected chi connectivity index (χ4v) is 1.39. The molecule has 0 amide bonds. The van der Waals surface area contributed by atoms with E-state index in [9.17, 15) is 40.2 Å². The van der Waals surface area contributed by atoms with Gasteiger partial charge in [0.25, 0.3) is 11.5 Å². The molecular weight excluding hydrogens is 252 g/mol. The SMILES string of the molecule is O=C=NC1(O)C=CC(O)(O)C(O)(O)C1(O)N=C=O. The van der Waals surface area contributed by atoms with Crippen molar-refractivity contribution >= 4 is 12.2 Å². The third kappa shape index (κ3) is 1.55. The first-order chi connectivity index (χ1) is 8.08. The lowest BCUT2D eigenvalue weighted by atomic mass is 9.80. The molecule has 0 heterocycles. The molecule has 0 aromatic rings. The first kappa shape index (κ1) is 14.3. The van der Waals surface area contributed by atoms with Crippen LogP contribution in [-0.4, -0.2) is 65.8 Å². The van der Waals surface area contributed by atoms with Crippen LogP contribution >= 0.6 is 0 Å². The van der Waals surface area contributed by atoms with E-state index in [2.05, 4.69) is 9.98 Å². The lowest BCUT2D eigenvalue weighted by molar-refractivity contribution is -0.416. The Hall–Kier alpha value is -1.74. The number of nitrogens with zero attached hydrogens (tertiary/aromatic N) is 2. The molecule has 0 aromatic carbocycles. The van der Waals surface area contributed by atoms with Crippen molar-refractivity contribution in [3.05, 3.63) is 12.2 Å². The highest BCUT2D eigenvalue weighted by molar-refractivity contribution is 5.42. The lowest BCUT2D eigenvalue weighted by Crippen LogP contribution is -2.76. The van der Waals surface area contributed by atoms with Gasteiger partial charge in [0, 0.05) is 0 Å². The van der Waals surface area contributed by atoms with Crippen molar-refractivity contribution in [1.82, 2.24) is 0 Å². The highest BCUT2D eigenvalue weighted by Crippen LogP contribution is 2.44. The lowest BCUT2D eigenvalue weighted by Gasteiger charge is -2.48. The van der Waals surface area contributed by atoms with Crippen molar-refractivity contribution < 1.29 is 40.2 Å². The summed E-state index contributed by atoms with van der Waals surface area (Å²) in [6.45, 7) is 0. The van der Waals surface area contributed by atoms with Crippen molar-refractivity contribution in [3.63, 3.8) is 0 Å². The average Bonchev–Trinajstić information content (AvgIpc) is 2.25. The average molecular weight is 260 g/mol. The third-order valence-electron chi connectivity index (χ3n) is 2.48. The monoisotopic (exact) mass is 260 g/mol. The van der Waals surface area contributed by atoms with Gasteiger partial charge in [0.15, 0.2) is 0 Å². The standard InChI is InChI=1S/C8H8N2O8/c11-3-9-5(13)1-2-6(14,15)8(17,18)7(5,16)10-4-12/h1-2,13-18H. The van der Waals surface area contributed by atoms with Crippen LogP contribution in [0.25, 0.3) is 0 Å². The summed E-state index contributed by atoms with van der Waals surface area (Å²) in [6, 6.07) is 0. The molecule has 98 valence electrons. The number of aliphatic hydroxyl groups is 6. The number of hydrogen-bond donors (Lipinski definition) is 6. The quantitative estimate of drug-likeness (QED) is 0.125. The molecule has 2 unspecified atom stereocenters. The number of rotatable bonds is 2. The van der Waals surface area contributed by atoms with Gasteiger partial charge in [-0.1, -0.05) is 0 Å². The zero-order valence-corrected chi connectivity index (χ0v) is 8.55. The van der Waals surface area contributed by atoms with Crippen LogP contribution in [0.15, 0.2) is 22.1 Å². The van der Waals surface area contributed by atoms with E-state index >= 15 is 0 Å². The van der Waals surface area contributed by atoms with Crippen LogP contribution in [0.2, 0.25) is 0 Å². The Morgan fingerprint density at radius 2 is 1.33 bits per heavy atom. The molecule has 0 spiro atoms. The van der Waals surface area contributed by atoms with E-state index in [-0.39, 0.29) is 6.08 Å². The molecule has 18 heavy (non-hydrogen) atoms. The van der Waals surface area contributed by atoms with Gasteiger partial charge in [-0.2, -0.15) is 9.98 Å². The molecule has 0 fully saturated rings. The van der Waals surface area contributed by atoms with Crippen LogP contribution in [0.3, 0.4) is 0 Å². The summed E-state index contributed by atoms with van der Waals surface area (Å²) in [5.74, 6) is -7.44. The Balaban J connectivity index is 3.69. The second-order valence-electron chi connectivity index (χ2n) is 3.54. The number of carbonyl (C=O) groups excluding carboxylic acids is 2. The molecule has 0 saturated heterocycles. The summed E-state index contributed by atoms with van der Waals surface area (Å²) in [4.78, 5) is 25.4. The topological polar surface area (TPSA) is 180 Å².